The number of carbonyl (C=O) groups excluding carboxylic acids is 1. The molecule has 0 rings (SSSR count). The summed E-state index contributed by atoms with van der Waals surface area (Å²) >= 11 is 0. The Labute approximate surface area is 229 Å². The Morgan fingerprint density at radius 1 is 0.757 bits per heavy atom. The molecule has 0 radical (unpaired) electrons. The quantitative estimate of drug-likeness (QED) is 0.0494. The average Bonchev–Trinajstić information content (AvgIpc) is 2.80. The zero-order chi connectivity index (χ0) is 27.8. The molecule has 2 atom stereocenters. The van der Waals surface area contributed by atoms with Crippen molar-refractivity contribution in [2.75, 3.05) is 53.7 Å². The molecule has 0 aliphatic heterocycles. The summed E-state index contributed by atoms with van der Waals surface area (Å²) < 4.78 is 29.1. The third kappa shape index (κ3) is 28.4. The van der Waals surface area contributed by atoms with Crippen LogP contribution in [0.4, 0.5) is 0 Å². The molecule has 8 heteroatoms. The summed E-state index contributed by atoms with van der Waals surface area (Å²) in [5, 5.41) is 0. The number of hydrogen-bond acceptors (Lipinski definition) is 5. The van der Waals surface area contributed by atoms with Crippen molar-refractivity contribution in [2.24, 2.45) is 0 Å². The predicted molar refractivity (Wildman–Crippen MR) is 154 cm³/mol. The largest absolute Gasteiger partial charge is 0.458 e. The molecule has 37 heavy (non-hydrogen) atoms. The molecule has 1 N–H and O–H groups in total. The maximum Gasteiger partial charge on any atom is 0.328 e. The van der Waals surface area contributed by atoms with Gasteiger partial charge in [0.25, 0.3) is 0 Å². The van der Waals surface area contributed by atoms with E-state index in [2.05, 4.69) is 6.92 Å². The van der Waals surface area contributed by atoms with Gasteiger partial charge in [-0.25, -0.2) is 0 Å². The van der Waals surface area contributed by atoms with Gasteiger partial charge >= 0.3 is 13.6 Å². The van der Waals surface area contributed by atoms with Crippen molar-refractivity contribution in [2.45, 2.75) is 129 Å². The third-order valence-electron chi connectivity index (χ3n) is 6.51. The van der Waals surface area contributed by atoms with Gasteiger partial charge in [0, 0.05) is 20.0 Å². The molecule has 0 aromatic carbocycles. The number of ether oxygens (including phenoxy) is 2. The lowest BCUT2D eigenvalue weighted by Crippen LogP contribution is -2.35. The van der Waals surface area contributed by atoms with Crippen LogP contribution in [0, 0.1) is 0 Å². The van der Waals surface area contributed by atoms with Gasteiger partial charge in [-0.15, -0.1) is 0 Å². The van der Waals surface area contributed by atoms with Crippen LogP contribution in [-0.4, -0.2) is 75.1 Å². The Morgan fingerprint density at radius 3 is 1.65 bits per heavy atom. The molecular formula is C29H61NO6P+. The predicted octanol–water partition coefficient (Wildman–Crippen LogP) is 7.49. The highest BCUT2D eigenvalue weighted by Crippen LogP contribution is 2.42. The number of nitrogens with zero attached hydrogens (tertiary/aromatic N) is 1. The molecule has 0 aliphatic carbocycles. The van der Waals surface area contributed by atoms with E-state index in [1.54, 1.807) is 0 Å². The minimum absolute atomic E-state index is 0.0926. The maximum absolute atomic E-state index is 12.3. The highest BCUT2D eigenvalue weighted by atomic mass is 31.2. The Kier molecular flexibility index (Phi) is 23.1. The monoisotopic (exact) mass is 550 g/mol. The van der Waals surface area contributed by atoms with Crippen LogP contribution in [0.3, 0.4) is 0 Å². The van der Waals surface area contributed by atoms with Gasteiger partial charge in [-0.3, -0.25) is 9.36 Å². The molecule has 0 saturated carbocycles. The second kappa shape index (κ2) is 23.4. The summed E-state index contributed by atoms with van der Waals surface area (Å²) in [4.78, 5) is 21.5. The lowest BCUT2D eigenvalue weighted by molar-refractivity contribution is -0.870. The lowest BCUT2D eigenvalue weighted by atomic mass is 10.0. The molecule has 7 nitrogen and oxygen atoms in total. The van der Waals surface area contributed by atoms with Crippen LogP contribution in [-0.2, 0) is 23.4 Å². The van der Waals surface area contributed by atoms with Gasteiger partial charge in [0.05, 0.1) is 47.1 Å². The molecular weight excluding hydrogens is 489 g/mol. The summed E-state index contributed by atoms with van der Waals surface area (Å²) in [7, 11) is 2.40. The number of hydrogen-bond donors (Lipinski definition) is 1. The Bertz CT molecular complexity index is 581. The second-order valence-corrected chi connectivity index (χ2v) is 13.6. The first-order valence-corrected chi connectivity index (χ1v) is 16.8. The molecule has 2 unspecified atom stereocenters. The Morgan fingerprint density at radius 2 is 1.22 bits per heavy atom. The average molecular weight is 551 g/mol. The SMILES string of the molecule is CCCCCCCCCCCCCCCCCCOCC(COP(=O)(O)CCC[N+](C)(C)C)OC(C)=O. The van der Waals surface area contributed by atoms with Crippen LogP contribution in [0.25, 0.3) is 0 Å². The van der Waals surface area contributed by atoms with Crippen LogP contribution >= 0.6 is 7.60 Å². The number of rotatable bonds is 27. The third-order valence-corrected chi connectivity index (χ3v) is 7.94. The molecule has 0 aromatic rings. The van der Waals surface area contributed by atoms with E-state index >= 15 is 0 Å². The smallest absolute Gasteiger partial charge is 0.328 e. The Hall–Kier alpha value is -0.460. The van der Waals surface area contributed by atoms with Gasteiger partial charge in [0.2, 0.25) is 0 Å². The highest BCUT2D eigenvalue weighted by molar-refractivity contribution is 7.52. The van der Waals surface area contributed by atoms with E-state index in [1.165, 1.54) is 96.8 Å². The van der Waals surface area contributed by atoms with Gasteiger partial charge in [-0.2, -0.15) is 0 Å². The summed E-state index contributed by atoms with van der Waals surface area (Å²) in [5.41, 5.74) is 0. The van der Waals surface area contributed by atoms with Crippen molar-refractivity contribution in [1.82, 2.24) is 0 Å². The van der Waals surface area contributed by atoms with Crippen LogP contribution < -0.4 is 0 Å². The van der Waals surface area contributed by atoms with Gasteiger partial charge in [0.15, 0.2) is 0 Å². The van der Waals surface area contributed by atoms with E-state index in [4.69, 9.17) is 14.0 Å². The van der Waals surface area contributed by atoms with E-state index < -0.39 is 19.7 Å². The van der Waals surface area contributed by atoms with Crippen LogP contribution in [0.2, 0.25) is 0 Å². The van der Waals surface area contributed by atoms with E-state index in [1.807, 2.05) is 21.1 Å². The Balaban J connectivity index is 3.71. The number of unbranched alkanes of at least 4 members (excludes halogenated alkanes) is 15. The fourth-order valence-electron chi connectivity index (χ4n) is 4.33. The van der Waals surface area contributed by atoms with E-state index in [0.717, 1.165) is 23.9 Å². The molecule has 0 bridgehead atoms. The first-order valence-electron chi connectivity index (χ1n) is 15.1. The fraction of sp³-hybridized carbons (Fsp3) is 0.966. The van der Waals surface area contributed by atoms with Crippen molar-refractivity contribution in [3.8, 4) is 0 Å². The first kappa shape index (κ1) is 36.5. The van der Waals surface area contributed by atoms with Crippen molar-refractivity contribution >= 4 is 13.6 Å². The lowest BCUT2D eigenvalue weighted by Gasteiger charge is -2.24. The minimum atomic E-state index is -3.71. The normalized spacial score (nSPS) is 14.4. The van der Waals surface area contributed by atoms with Crippen LogP contribution in [0.15, 0.2) is 0 Å². The van der Waals surface area contributed by atoms with E-state index in [9.17, 15) is 14.3 Å². The van der Waals surface area contributed by atoms with Gasteiger partial charge in [0.1, 0.15) is 6.10 Å². The van der Waals surface area contributed by atoms with Crippen LogP contribution in [0.1, 0.15) is 123 Å². The van der Waals surface area contributed by atoms with Crippen molar-refractivity contribution in [3.05, 3.63) is 0 Å². The maximum atomic E-state index is 12.3. The molecule has 0 spiro atoms. The van der Waals surface area contributed by atoms with E-state index in [-0.39, 0.29) is 19.4 Å². The standard InChI is InChI=1S/C29H60NO6P/c1-6-7-8-9-10-11-12-13-14-15-16-17-18-19-20-21-24-34-26-29(36-28(2)31)27-35-37(32,33)25-22-23-30(3,4)5/h29H,6-27H2,1-5H3/p+1. The second-order valence-electron chi connectivity index (χ2n) is 11.6. The molecule has 0 aromatic heterocycles. The molecule has 0 amide bonds. The number of esters is 1. The van der Waals surface area contributed by atoms with Gasteiger partial charge in [-0.05, 0) is 6.42 Å². The van der Waals surface area contributed by atoms with E-state index in [0.29, 0.717) is 13.0 Å². The fourth-order valence-corrected chi connectivity index (χ4v) is 5.40. The molecule has 0 saturated heterocycles. The van der Waals surface area contributed by atoms with Crippen LogP contribution in [0.5, 0.6) is 0 Å². The summed E-state index contributed by atoms with van der Waals surface area (Å²) in [6, 6.07) is 0. The minimum Gasteiger partial charge on any atom is -0.458 e. The van der Waals surface area contributed by atoms with Crippen molar-refractivity contribution in [1.29, 1.82) is 0 Å². The van der Waals surface area contributed by atoms with Gasteiger partial charge < -0.3 is 23.4 Å². The summed E-state index contributed by atoms with van der Waals surface area (Å²) in [6.07, 6.45) is 21.2. The summed E-state index contributed by atoms with van der Waals surface area (Å²) in [6.45, 7) is 5.02. The number of carbonyl (C=O) groups is 1. The van der Waals surface area contributed by atoms with Crippen molar-refractivity contribution in [3.63, 3.8) is 0 Å². The number of quaternary nitrogens is 1. The molecule has 0 heterocycles. The topological polar surface area (TPSA) is 82.1 Å². The zero-order valence-corrected chi connectivity index (χ0v) is 25.9. The first-order chi connectivity index (χ1) is 17.6. The molecule has 0 fully saturated rings. The zero-order valence-electron chi connectivity index (χ0n) is 25.0. The van der Waals surface area contributed by atoms with Gasteiger partial charge in [-0.1, -0.05) is 103 Å². The highest BCUT2D eigenvalue weighted by Gasteiger charge is 2.24. The molecule has 0 aliphatic rings. The summed E-state index contributed by atoms with van der Waals surface area (Å²) in [5.74, 6) is -0.447. The molecule has 222 valence electrons. The van der Waals surface area contributed by atoms with Crippen molar-refractivity contribution < 1.29 is 32.7 Å².